The Kier molecular flexibility index (Phi) is 21.0. The summed E-state index contributed by atoms with van der Waals surface area (Å²) in [5.41, 5.74) is 0. The van der Waals surface area contributed by atoms with Gasteiger partial charge in [-0.1, -0.05) is 57.6 Å². The van der Waals surface area contributed by atoms with Crippen LogP contribution in [-0.4, -0.2) is 22.8 Å². The molecule has 19 heavy (non-hydrogen) atoms. The number of carboxylic acid groups (broad SMARTS) is 1. The molecule has 0 aliphatic carbocycles. The number of aliphatic hydroxyl groups excluding tert-OH is 1. The fraction of sp³-hybridized carbons (Fsp3) is 0.812. The minimum atomic E-state index is -0.833. The van der Waals surface area contributed by atoms with Crippen LogP contribution >= 0.6 is 0 Å². The molecule has 114 valence electrons. The van der Waals surface area contributed by atoms with E-state index in [1.807, 2.05) is 0 Å². The maximum absolute atomic E-state index is 9.00. The highest BCUT2D eigenvalue weighted by Crippen LogP contribution is 2.08. The Labute approximate surface area is 118 Å². The number of hydrogen-bond acceptors (Lipinski definition) is 2. The molecule has 0 rings (SSSR count). The van der Waals surface area contributed by atoms with E-state index >= 15 is 0 Å². The highest BCUT2D eigenvalue weighted by atomic mass is 16.4. The lowest BCUT2D eigenvalue weighted by atomic mass is 10.1. The van der Waals surface area contributed by atoms with Crippen LogP contribution in [0.3, 0.4) is 0 Å². The number of rotatable bonds is 11. The third kappa shape index (κ3) is 31.7. The molecule has 0 aliphatic rings. The molecule has 0 saturated carbocycles. The van der Waals surface area contributed by atoms with Crippen LogP contribution in [0.2, 0.25) is 0 Å². The molecule has 0 aromatic rings. The molecule has 3 heteroatoms. The number of aliphatic carboxylic acids is 1. The average Bonchev–Trinajstić information content (AvgIpc) is 2.35. The lowest BCUT2D eigenvalue weighted by molar-refractivity contribution is -0.134. The SMILES string of the molecule is CC(=O)O.CCCC=CCCCCCCCCCO. The number of carbonyl (C=O) groups is 1. The van der Waals surface area contributed by atoms with Gasteiger partial charge in [-0.2, -0.15) is 0 Å². The zero-order valence-corrected chi connectivity index (χ0v) is 12.7. The van der Waals surface area contributed by atoms with E-state index in [-0.39, 0.29) is 0 Å². The minimum absolute atomic E-state index is 0.363. The van der Waals surface area contributed by atoms with Crippen LogP contribution in [0.1, 0.15) is 78.1 Å². The van der Waals surface area contributed by atoms with E-state index in [2.05, 4.69) is 19.1 Å². The lowest BCUT2D eigenvalue weighted by Crippen LogP contribution is -1.83. The molecular weight excluding hydrogens is 240 g/mol. The predicted molar refractivity (Wildman–Crippen MR) is 81.4 cm³/mol. The first-order chi connectivity index (χ1) is 9.15. The van der Waals surface area contributed by atoms with Gasteiger partial charge in [0, 0.05) is 13.5 Å². The van der Waals surface area contributed by atoms with Crippen molar-refractivity contribution >= 4 is 5.97 Å². The van der Waals surface area contributed by atoms with Crippen LogP contribution in [-0.2, 0) is 4.79 Å². The molecular formula is C16H32O3. The molecule has 0 unspecified atom stereocenters. The minimum Gasteiger partial charge on any atom is -0.481 e. The Morgan fingerprint density at radius 2 is 1.32 bits per heavy atom. The van der Waals surface area contributed by atoms with Crippen molar-refractivity contribution in [3.05, 3.63) is 12.2 Å². The second kappa shape index (κ2) is 19.5. The van der Waals surface area contributed by atoms with Gasteiger partial charge in [0.25, 0.3) is 5.97 Å². The van der Waals surface area contributed by atoms with E-state index in [4.69, 9.17) is 15.0 Å². The monoisotopic (exact) mass is 272 g/mol. The summed E-state index contributed by atoms with van der Waals surface area (Å²) in [5.74, 6) is -0.833. The Morgan fingerprint density at radius 1 is 0.895 bits per heavy atom. The van der Waals surface area contributed by atoms with Gasteiger partial charge in [0.2, 0.25) is 0 Å². The summed E-state index contributed by atoms with van der Waals surface area (Å²) in [6.07, 6.45) is 17.3. The van der Waals surface area contributed by atoms with Gasteiger partial charge in [0.1, 0.15) is 0 Å². The standard InChI is InChI=1S/C14H28O.C2H4O2/c1-2-3-4-5-6-7-8-9-10-11-12-13-14-15;1-2(3)4/h4-5,15H,2-3,6-14H2,1H3;1H3,(H,3,4). The summed E-state index contributed by atoms with van der Waals surface area (Å²) in [6.45, 7) is 3.67. The molecule has 0 aromatic heterocycles. The first kappa shape index (κ1) is 20.5. The van der Waals surface area contributed by atoms with Crippen molar-refractivity contribution in [3.63, 3.8) is 0 Å². The van der Waals surface area contributed by atoms with Crippen molar-refractivity contribution in [2.24, 2.45) is 0 Å². The van der Waals surface area contributed by atoms with Crippen LogP contribution in [0, 0.1) is 0 Å². The van der Waals surface area contributed by atoms with E-state index in [9.17, 15) is 0 Å². The van der Waals surface area contributed by atoms with Crippen LogP contribution in [0.15, 0.2) is 12.2 Å². The molecule has 0 spiro atoms. The molecule has 0 fully saturated rings. The summed E-state index contributed by atoms with van der Waals surface area (Å²) >= 11 is 0. The van der Waals surface area contributed by atoms with Gasteiger partial charge in [-0.25, -0.2) is 0 Å². The van der Waals surface area contributed by atoms with E-state index in [1.165, 1.54) is 57.8 Å². The first-order valence-electron chi connectivity index (χ1n) is 7.60. The van der Waals surface area contributed by atoms with Gasteiger partial charge in [0.05, 0.1) is 0 Å². The molecule has 0 bridgehead atoms. The molecule has 0 amide bonds. The van der Waals surface area contributed by atoms with Crippen LogP contribution in [0.25, 0.3) is 0 Å². The molecule has 0 atom stereocenters. The maximum Gasteiger partial charge on any atom is 0.300 e. The summed E-state index contributed by atoms with van der Waals surface area (Å²) in [7, 11) is 0. The van der Waals surface area contributed by atoms with Gasteiger partial charge >= 0.3 is 0 Å². The number of allylic oxidation sites excluding steroid dienone is 2. The van der Waals surface area contributed by atoms with Gasteiger partial charge in [0.15, 0.2) is 0 Å². The Balaban J connectivity index is 0. The summed E-state index contributed by atoms with van der Waals surface area (Å²) in [5, 5.41) is 16.0. The van der Waals surface area contributed by atoms with Crippen molar-refractivity contribution in [2.45, 2.75) is 78.1 Å². The maximum atomic E-state index is 9.00. The molecule has 0 heterocycles. The molecule has 0 saturated heterocycles. The van der Waals surface area contributed by atoms with Gasteiger partial charge in [-0.05, 0) is 25.7 Å². The van der Waals surface area contributed by atoms with E-state index < -0.39 is 5.97 Å². The zero-order chi connectivity index (χ0) is 14.8. The van der Waals surface area contributed by atoms with Crippen molar-refractivity contribution in [3.8, 4) is 0 Å². The second-order valence-corrected chi connectivity index (χ2v) is 4.77. The average molecular weight is 272 g/mol. The number of unbranched alkanes of at least 4 members (excludes halogenated alkanes) is 8. The lowest BCUT2D eigenvalue weighted by Gasteiger charge is -1.99. The number of carboxylic acids is 1. The topological polar surface area (TPSA) is 57.5 Å². The summed E-state index contributed by atoms with van der Waals surface area (Å²) in [6, 6.07) is 0. The van der Waals surface area contributed by atoms with Crippen molar-refractivity contribution in [1.29, 1.82) is 0 Å². The first-order valence-corrected chi connectivity index (χ1v) is 7.60. The fourth-order valence-corrected chi connectivity index (χ4v) is 1.66. The van der Waals surface area contributed by atoms with Gasteiger partial charge in [-0.3, -0.25) is 4.79 Å². The largest absolute Gasteiger partial charge is 0.481 e. The molecule has 2 N–H and O–H groups in total. The fourth-order valence-electron chi connectivity index (χ4n) is 1.66. The van der Waals surface area contributed by atoms with Crippen molar-refractivity contribution < 1.29 is 15.0 Å². The van der Waals surface area contributed by atoms with Crippen LogP contribution in [0.4, 0.5) is 0 Å². The van der Waals surface area contributed by atoms with Crippen LogP contribution in [0.5, 0.6) is 0 Å². The molecule has 3 nitrogen and oxygen atoms in total. The Morgan fingerprint density at radius 3 is 1.79 bits per heavy atom. The smallest absolute Gasteiger partial charge is 0.300 e. The van der Waals surface area contributed by atoms with E-state index in [0.29, 0.717) is 6.61 Å². The predicted octanol–water partition coefficient (Wildman–Crippen LogP) is 4.55. The van der Waals surface area contributed by atoms with Crippen molar-refractivity contribution in [1.82, 2.24) is 0 Å². The Bertz CT molecular complexity index is 196. The summed E-state index contributed by atoms with van der Waals surface area (Å²) in [4.78, 5) is 9.00. The van der Waals surface area contributed by atoms with Gasteiger partial charge < -0.3 is 10.2 Å². The molecule has 0 radical (unpaired) electrons. The van der Waals surface area contributed by atoms with E-state index in [1.54, 1.807) is 0 Å². The normalized spacial score (nSPS) is 10.3. The molecule has 0 aromatic carbocycles. The van der Waals surface area contributed by atoms with Crippen molar-refractivity contribution in [2.75, 3.05) is 6.61 Å². The molecule has 0 aliphatic heterocycles. The Hall–Kier alpha value is -0.830. The highest BCUT2D eigenvalue weighted by Gasteiger charge is 1.90. The zero-order valence-electron chi connectivity index (χ0n) is 12.7. The summed E-state index contributed by atoms with van der Waals surface area (Å²) < 4.78 is 0. The number of aliphatic hydroxyl groups is 1. The third-order valence-electron chi connectivity index (χ3n) is 2.65. The van der Waals surface area contributed by atoms with Crippen LogP contribution < -0.4 is 0 Å². The highest BCUT2D eigenvalue weighted by molar-refractivity contribution is 5.62. The van der Waals surface area contributed by atoms with Gasteiger partial charge in [-0.15, -0.1) is 0 Å². The quantitative estimate of drug-likeness (QED) is 0.428. The second-order valence-electron chi connectivity index (χ2n) is 4.77. The number of hydrogen-bond donors (Lipinski definition) is 2. The van der Waals surface area contributed by atoms with E-state index in [0.717, 1.165) is 13.3 Å². The third-order valence-corrected chi connectivity index (χ3v) is 2.65.